The van der Waals surface area contributed by atoms with E-state index in [0.29, 0.717) is 18.3 Å². The molecular formula is C19H30N2O3. The van der Waals surface area contributed by atoms with Crippen LogP contribution in [0.2, 0.25) is 0 Å². The van der Waals surface area contributed by atoms with Crippen LogP contribution >= 0.6 is 0 Å². The maximum atomic E-state index is 12.5. The van der Waals surface area contributed by atoms with E-state index in [2.05, 4.69) is 19.2 Å². The van der Waals surface area contributed by atoms with Crippen LogP contribution < -0.4 is 20.5 Å². The molecule has 0 radical (unpaired) electrons. The van der Waals surface area contributed by atoms with Crippen molar-refractivity contribution in [2.45, 2.75) is 58.0 Å². The summed E-state index contributed by atoms with van der Waals surface area (Å²) in [4.78, 5) is 12.5. The van der Waals surface area contributed by atoms with Gasteiger partial charge in [-0.25, -0.2) is 0 Å². The summed E-state index contributed by atoms with van der Waals surface area (Å²) < 4.78 is 11.2. The highest BCUT2D eigenvalue weighted by molar-refractivity contribution is 5.86. The van der Waals surface area contributed by atoms with E-state index in [9.17, 15) is 4.79 Å². The predicted octanol–water partition coefficient (Wildman–Crippen LogP) is 3.18. The summed E-state index contributed by atoms with van der Waals surface area (Å²) in [6.07, 6.45) is 3.57. The van der Waals surface area contributed by atoms with E-state index in [1.165, 1.54) is 0 Å². The Kier molecular flexibility index (Phi) is 6.10. The van der Waals surface area contributed by atoms with E-state index >= 15 is 0 Å². The molecule has 0 spiro atoms. The SMILES string of the molecule is COc1cc(C(C)NC(=O)C2(N)CCCC2)ccc1OCC(C)C. The number of nitrogens with two attached hydrogens (primary N) is 1. The number of hydrogen-bond donors (Lipinski definition) is 2. The summed E-state index contributed by atoms with van der Waals surface area (Å²) in [6, 6.07) is 5.64. The van der Waals surface area contributed by atoms with E-state index in [-0.39, 0.29) is 11.9 Å². The summed E-state index contributed by atoms with van der Waals surface area (Å²) in [5.41, 5.74) is 6.48. The minimum Gasteiger partial charge on any atom is -0.493 e. The van der Waals surface area contributed by atoms with Gasteiger partial charge in [0.15, 0.2) is 11.5 Å². The lowest BCUT2D eigenvalue weighted by Crippen LogP contribution is -2.52. The molecule has 1 aromatic rings. The first-order chi connectivity index (χ1) is 11.4. The van der Waals surface area contributed by atoms with E-state index in [0.717, 1.165) is 37.0 Å². The third-order valence-electron chi connectivity index (χ3n) is 4.56. The highest BCUT2D eigenvalue weighted by Gasteiger charge is 2.37. The second kappa shape index (κ2) is 7.88. The fourth-order valence-electron chi connectivity index (χ4n) is 2.99. The third-order valence-corrected chi connectivity index (χ3v) is 4.56. The first-order valence-electron chi connectivity index (χ1n) is 8.76. The third kappa shape index (κ3) is 4.41. The van der Waals surface area contributed by atoms with Gasteiger partial charge >= 0.3 is 0 Å². The molecule has 24 heavy (non-hydrogen) atoms. The zero-order valence-corrected chi connectivity index (χ0v) is 15.2. The van der Waals surface area contributed by atoms with Crippen LogP contribution in [0.4, 0.5) is 0 Å². The van der Waals surface area contributed by atoms with Gasteiger partial charge < -0.3 is 20.5 Å². The van der Waals surface area contributed by atoms with Crippen LogP contribution in [0.15, 0.2) is 18.2 Å². The van der Waals surface area contributed by atoms with Crippen LogP contribution in [0.1, 0.15) is 58.1 Å². The normalized spacial score (nSPS) is 17.6. The molecule has 1 aliphatic carbocycles. The molecule has 1 atom stereocenters. The molecule has 1 unspecified atom stereocenters. The molecule has 0 heterocycles. The van der Waals surface area contributed by atoms with Crippen molar-refractivity contribution in [3.8, 4) is 11.5 Å². The van der Waals surface area contributed by atoms with Gasteiger partial charge in [0.1, 0.15) is 0 Å². The predicted molar refractivity (Wildman–Crippen MR) is 95.3 cm³/mol. The Morgan fingerprint density at radius 2 is 1.92 bits per heavy atom. The van der Waals surface area contributed by atoms with Gasteiger partial charge in [0.25, 0.3) is 0 Å². The number of benzene rings is 1. The van der Waals surface area contributed by atoms with Gasteiger partial charge in [0.2, 0.25) is 5.91 Å². The van der Waals surface area contributed by atoms with Crippen LogP contribution in [-0.4, -0.2) is 25.2 Å². The van der Waals surface area contributed by atoms with E-state index in [4.69, 9.17) is 15.2 Å². The number of hydrogen-bond acceptors (Lipinski definition) is 4. The number of amides is 1. The van der Waals surface area contributed by atoms with Gasteiger partial charge in [0, 0.05) is 0 Å². The first-order valence-corrected chi connectivity index (χ1v) is 8.76. The molecule has 5 heteroatoms. The van der Waals surface area contributed by atoms with Crippen LogP contribution in [-0.2, 0) is 4.79 Å². The molecule has 0 aromatic heterocycles. The Bertz CT molecular complexity index is 566. The van der Waals surface area contributed by atoms with Gasteiger partial charge in [-0.2, -0.15) is 0 Å². The van der Waals surface area contributed by atoms with E-state index in [1.807, 2.05) is 25.1 Å². The molecule has 1 aromatic carbocycles. The smallest absolute Gasteiger partial charge is 0.240 e. The van der Waals surface area contributed by atoms with Crippen molar-refractivity contribution >= 4 is 5.91 Å². The fourth-order valence-corrected chi connectivity index (χ4v) is 2.99. The van der Waals surface area contributed by atoms with Gasteiger partial charge in [-0.05, 0) is 43.4 Å². The highest BCUT2D eigenvalue weighted by atomic mass is 16.5. The second-order valence-electron chi connectivity index (χ2n) is 7.17. The van der Waals surface area contributed by atoms with Crippen molar-refractivity contribution in [3.63, 3.8) is 0 Å². The van der Waals surface area contributed by atoms with Crippen molar-refractivity contribution < 1.29 is 14.3 Å². The molecule has 2 rings (SSSR count). The second-order valence-corrected chi connectivity index (χ2v) is 7.17. The summed E-state index contributed by atoms with van der Waals surface area (Å²) in [5.74, 6) is 1.78. The summed E-state index contributed by atoms with van der Waals surface area (Å²) in [7, 11) is 1.62. The fraction of sp³-hybridized carbons (Fsp3) is 0.632. The maximum absolute atomic E-state index is 12.5. The van der Waals surface area contributed by atoms with E-state index < -0.39 is 5.54 Å². The van der Waals surface area contributed by atoms with Crippen LogP contribution in [0, 0.1) is 5.92 Å². The van der Waals surface area contributed by atoms with E-state index in [1.54, 1.807) is 7.11 Å². The van der Waals surface area contributed by atoms with Gasteiger partial charge in [-0.15, -0.1) is 0 Å². The molecule has 1 aliphatic rings. The Morgan fingerprint density at radius 1 is 1.25 bits per heavy atom. The molecule has 3 N–H and O–H groups in total. The van der Waals surface area contributed by atoms with Crippen molar-refractivity contribution in [2.24, 2.45) is 11.7 Å². The van der Waals surface area contributed by atoms with Gasteiger partial charge in [0.05, 0.1) is 25.3 Å². The van der Waals surface area contributed by atoms with Crippen molar-refractivity contribution in [1.29, 1.82) is 0 Å². The van der Waals surface area contributed by atoms with Gasteiger partial charge in [-0.3, -0.25) is 4.79 Å². The van der Waals surface area contributed by atoms with Crippen molar-refractivity contribution in [3.05, 3.63) is 23.8 Å². The molecule has 1 amide bonds. The molecule has 1 saturated carbocycles. The highest BCUT2D eigenvalue weighted by Crippen LogP contribution is 2.32. The quantitative estimate of drug-likeness (QED) is 0.803. The average molecular weight is 334 g/mol. The molecule has 0 bridgehead atoms. The van der Waals surface area contributed by atoms with Crippen LogP contribution in [0.25, 0.3) is 0 Å². The maximum Gasteiger partial charge on any atom is 0.240 e. The summed E-state index contributed by atoms with van der Waals surface area (Å²) in [6.45, 7) is 6.80. The average Bonchev–Trinajstić information content (AvgIpc) is 3.00. The summed E-state index contributed by atoms with van der Waals surface area (Å²) >= 11 is 0. The molecule has 134 valence electrons. The largest absolute Gasteiger partial charge is 0.493 e. The Labute approximate surface area is 144 Å². The number of carbonyl (C=O) groups excluding carboxylic acids is 1. The lowest BCUT2D eigenvalue weighted by atomic mass is 9.97. The minimum absolute atomic E-state index is 0.0633. The summed E-state index contributed by atoms with van der Waals surface area (Å²) in [5, 5.41) is 3.04. The number of ether oxygens (including phenoxy) is 2. The molecule has 0 aliphatic heterocycles. The lowest BCUT2D eigenvalue weighted by molar-refractivity contribution is -0.126. The topological polar surface area (TPSA) is 73.6 Å². The van der Waals surface area contributed by atoms with Crippen molar-refractivity contribution in [2.75, 3.05) is 13.7 Å². The number of carbonyl (C=O) groups is 1. The number of nitrogens with one attached hydrogen (secondary N) is 1. The first kappa shape index (κ1) is 18.6. The van der Waals surface area contributed by atoms with Crippen LogP contribution in [0.3, 0.4) is 0 Å². The number of rotatable bonds is 7. The lowest BCUT2D eigenvalue weighted by Gasteiger charge is -2.25. The minimum atomic E-state index is -0.710. The zero-order chi connectivity index (χ0) is 17.7. The van der Waals surface area contributed by atoms with Gasteiger partial charge in [-0.1, -0.05) is 32.8 Å². The zero-order valence-electron chi connectivity index (χ0n) is 15.2. The molecule has 5 nitrogen and oxygen atoms in total. The van der Waals surface area contributed by atoms with Crippen LogP contribution in [0.5, 0.6) is 11.5 Å². The monoisotopic (exact) mass is 334 g/mol. The Morgan fingerprint density at radius 3 is 2.50 bits per heavy atom. The number of methoxy groups -OCH3 is 1. The molecule has 0 saturated heterocycles. The Balaban J connectivity index is 2.06. The van der Waals surface area contributed by atoms with Crippen molar-refractivity contribution in [1.82, 2.24) is 5.32 Å². The molecule has 1 fully saturated rings. The Hall–Kier alpha value is -1.75. The standard InChI is InChI=1S/C19H30N2O3/c1-13(2)12-24-16-8-7-15(11-17(16)23-4)14(3)21-18(22)19(20)9-5-6-10-19/h7-8,11,13-14H,5-6,9-10,12,20H2,1-4H3,(H,21,22). The molecular weight excluding hydrogens is 304 g/mol.